The van der Waals surface area contributed by atoms with Gasteiger partial charge in [-0.15, -0.1) is 0 Å². The molecular formula is C11H15N3OS. The molecule has 1 aromatic heterocycles. The Labute approximate surface area is 98.8 Å². The molecule has 0 unspecified atom stereocenters. The summed E-state index contributed by atoms with van der Waals surface area (Å²) in [5.41, 5.74) is 7.99. The van der Waals surface area contributed by atoms with Gasteiger partial charge >= 0.3 is 0 Å². The minimum atomic E-state index is 0.667. The van der Waals surface area contributed by atoms with Crippen LogP contribution < -0.4 is 5.73 Å². The zero-order chi connectivity index (χ0) is 11.5. The van der Waals surface area contributed by atoms with Crippen LogP contribution in [0.1, 0.15) is 0 Å². The van der Waals surface area contributed by atoms with E-state index in [9.17, 15) is 0 Å². The van der Waals surface area contributed by atoms with Crippen molar-refractivity contribution in [3.8, 4) is 0 Å². The van der Waals surface area contributed by atoms with Gasteiger partial charge in [0.2, 0.25) is 0 Å². The number of nitrogen functional groups attached to an aromatic ring is 1. The van der Waals surface area contributed by atoms with E-state index < -0.39 is 0 Å². The number of para-hydroxylation sites is 1. The Morgan fingerprint density at radius 2 is 2.25 bits per heavy atom. The monoisotopic (exact) mass is 237 g/mol. The molecule has 0 aliphatic rings. The second kappa shape index (κ2) is 4.76. The van der Waals surface area contributed by atoms with Gasteiger partial charge in [0.1, 0.15) is 5.52 Å². The highest BCUT2D eigenvalue weighted by molar-refractivity contribution is 7.99. The summed E-state index contributed by atoms with van der Waals surface area (Å²) < 4.78 is 5.58. The lowest BCUT2D eigenvalue weighted by atomic mass is 10.3. The fourth-order valence-corrected chi connectivity index (χ4v) is 2.26. The van der Waals surface area contributed by atoms with Crippen LogP contribution in [0, 0.1) is 0 Å². The largest absolute Gasteiger partial charge is 0.431 e. The minimum Gasteiger partial charge on any atom is -0.431 e. The molecule has 1 aromatic carbocycles. The first-order valence-electron chi connectivity index (χ1n) is 5.09. The van der Waals surface area contributed by atoms with Crippen molar-refractivity contribution in [2.45, 2.75) is 5.22 Å². The molecule has 0 aliphatic heterocycles. The quantitative estimate of drug-likeness (QED) is 0.651. The maximum Gasteiger partial charge on any atom is 0.256 e. The summed E-state index contributed by atoms with van der Waals surface area (Å²) in [7, 11) is 4.09. The number of thioether (sulfide) groups is 1. The van der Waals surface area contributed by atoms with E-state index in [-0.39, 0.29) is 0 Å². The topological polar surface area (TPSA) is 55.3 Å². The zero-order valence-corrected chi connectivity index (χ0v) is 10.3. The van der Waals surface area contributed by atoms with E-state index in [0.29, 0.717) is 10.9 Å². The summed E-state index contributed by atoms with van der Waals surface area (Å²) in [6.07, 6.45) is 0. The first kappa shape index (κ1) is 11.3. The van der Waals surface area contributed by atoms with Gasteiger partial charge in [-0.1, -0.05) is 17.8 Å². The van der Waals surface area contributed by atoms with Gasteiger partial charge in [-0.25, -0.2) is 4.98 Å². The molecule has 0 spiro atoms. The summed E-state index contributed by atoms with van der Waals surface area (Å²) in [6, 6.07) is 5.59. The molecule has 86 valence electrons. The van der Waals surface area contributed by atoms with Crippen molar-refractivity contribution in [2.75, 3.05) is 32.1 Å². The van der Waals surface area contributed by atoms with Gasteiger partial charge in [-0.3, -0.25) is 0 Å². The number of fused-ring (bicyclic) bond motifs is 1. The van der Waals surface area contributed by atoms with Crippen LogP contribution in [0.15, 0.2) is 27.8 Å². The Kier molecular flexibility index (Phi) is 3.36. The number of oxazole rings is 1. The van der Waals surface area contributed by atoms with Crippen molar-refractivity contribution in [3.63, 3.8) is 0 Å². The molecule has 0 bridgehead atoms. The number of benzene rings is 1. The summed E-state index contributed by atoms with van der Waals surface area (Å²) in [5.74, 6) is 0.958. The highest BCUT2D eigenvalue weighted by atomic mass is 32.2. The Morgan fingerprint density at radius 1 is 1.44 bits per heavy atom. The second-order valence-electron chi connectivity index (χ2n) is 3.83. The summed E-state index contributed by atoms with van der Waals surface area (Å²) in [5, 5.41) is 0.690. The predicted octanol–water partition coefficient (Wildman–Crippen LogP) is 2.06. The van der Waals surface area contributed by atoms with Gasteiger partial charge in [0, 0.05) is 12.3 Å². The van der Waals surface area contributed by atoms with Crippen LogP contribution in [0.4, 0.5) is 5.69 Å². The molecule has 1 heterocycles. The molecule has 2 aromatic rings. The van der Waals surface area contributed by atoms with E-state index in [4.69, 9.17) is 10.2 Å². The lowest BCUT2D eigenvalue weighted by Crippen LogP contribution is -2.14. The van der Waals surface area contributed by atoms with Gasteiger partial charge in [0.05, 0.1) is 5.69 Å². The van der Waals surface area contributed by atoms with Gasteiger partial charge in [0.25, 0.3) is 5.22 Å². The first-order chi connectivity index (χ1) is 7.66. The number of anilines is 1. The van der Waals surface area contributed by atoms with Crippen molar-refractivity contribution < 1.29 is 4.42 Å². The lowest BCUT2D eigenvalue weighted by molar-refractivity contribution is 0.435. The fraction of sp³-hybridized carbons (Fsp3) is 0.364. The molecule has 4 nitrogen and oxygen atoms in total. The van der Waals surface area contributed by atoms with Crippen molar-refractivity contribution in [1.29, 1.82) is 0 Å². The molecule has 0 radical (unpaired) electrons. The van der Waals surface area contributed by atoms with Gasteiger partial charge in [-0.2, -0.15) is 0 Å². The molecule has 2 N–H and O–H groups in total. The Morgan fingerprint density at radius 3 is 2.94 bits per heavy atom. The van der Waals surface area contributed by atoms with Gasteiger partial charge in [-0.05, 0) is 26.2 Å². The molecular weight excluding hydrogens is 222 g/mol. The smallest absolute Gasteiger partial charge is 0.256 e. The van der Waals surface area contributed by atoms with Crippen molar-refractivity contribution >= 4 is 28.5 Å². The third-order valence-electron chi connectivity index (χ3n) is 2.19. The van der Waals surface area contributed by atoms with E-state index in [0.717, 1.165) is 23.4 Å². The maximum absolute atomic E-state index is 5.81. The number of hydrogen-bond donors (Lipinski definition) is 1. The van der Waals surface area contributed by atoms with Crippen molar-refractivity contribution in [3.05, 3.63) is 18.2 Å². The summed E-state index contributed by atoms with van der Waals surface area (Å²) >= 11 is 1.61. The molecule has 0 atom stereocenters. The number of nitrogens with zero attached hydrogens (tertiary/aromatic N) is 2. The number of hydrogen-bond acceptors (Lipinski definition) is 5. The molecule has 0 saturated heterocycles. The Balaban J connectivity index is 2.11. The molecule has 2 rings (SSSR count). The SMILES string of the molecule is CN(C)CCSc1nc2c(N)cccc2o1. The highest BCUT2D eigenvalue weighted by Crippen LogP contribution is 2.26. The molecule has 0 amide bonds. The van der Waals surface area contributed by atoms with E-state index in [1.54, 1.807) is 11.8 Å². The molecule has 5 heteroatoms. The first-order valence-corrected chi connectivity index (χ1v) is 6.08. The van der Waals surface area contributed by atoms with Crippen LogP contribution in [0.25, 0.3) is 11.1 Å². The number of aromatic nitrogens is 1. The molecule has 16 heavy (non-hydrogen) atoms. The second-order valence-corrected chi connectivity index (χ2v) is 4.87. The van der Waals surface area contributed by atoms with Crippen molar-refractivity contribution in [2.24, 2.45) is 0 Å². The average molecular weight is 237 g/mol. The molecule has 0 saturated carbocycles. The van der Waals surface area contributed by atoms with E-state index in [2.05, 4.69) is 9.88 Å². The Hall–Kier alpha value is -1.20. The van der Waals surface area contributed by atoms with Crippen LogP contribution in [0.2, 0.25) is 0 Å². The van der Waals surface area contributed by atoms with Gasteiger partial charge < -0.3 is 15.1 Å². The zero-order valence-electron chi connectivity index (χ0n) is 9.43. The van der Waals surface area contributed by atoms with E-state index in [1.165, 1.54) is 0 Å². The maximum atomic E-state index is 5.81. The van der Waals surface area contributed by atoms with Crippen LogP contribution >= 0.6 is 11.8 Å². The highest BCUT2D eigenvalue weighted by Gasteiger charge is 2.08. The minimum absolute atomic E-state index is 0.667. The number of nitrogens with two attached hydrogens (primary N) is 1. The van der Waals surface area contributed by atoms with Crippen LogP contribution in [0.3, 0.4) is 0 Å². The lowest BCUT2D eigenvalue weighted by Gasteiger charge is -2.06. The van der Waals surface area contributed by atoms with E-state index >= 15 is 0 Å². The molecule has 0 fully saturated rings. The average Bonchev–Trinajstić information content (AvgIpc) is 2.61. The van der Waals surface area contributed by atoms with Crippen LogP contribution in [-0.2, 0) is 0 Å². The molecule has 0 aliphatic carbocycles. The Bertz CT molecular complexity index is 481. The summed E-state index contributed by atoms with van der Waals surface area (Å²) in [6.45, 7) is 0.999. The van der Waals surface area contributed by atoms with Crippen LogP contribution in [-0.4, -0.2) is 36.3 Å². The van der Waals surface area contributed by atoms with Crippen molar-refractivity contribution in [1.82, 2.24) is 9.88 Å². The van der Waals surface area contributed by atoms with Gasteiger partial charge in [0.15, 0.2) is 5.58 Å². The normalized spacial score (nSPS) is 11.4. The third kappa shape index (κ3) is 2.48. The predicted molar refractivity (Wildman–Crippen MR) is 67.7 cm³/mol. The number of rotatable bonds is 4. The summed E-state index contributed by atoms with van der Waals surface area (Å²) in [4.78, 5) is 6.49. The fourth-order valence-electron chi connectivity index (χ4n) is 1.33. The standard InChI is InChI=1S/C11H15N3OS/c1-14(2)6-7-16-11-13-10-8(12)4-3-5-9(10)15-11/h3-5H,6-7,12H2,1-2H3. The van der Waals surface area contributed by atoms with E-state index in [1.807, 2.05) is 32.3 Å². The van der Waals surface area contributed by atoms with Crippen LogP contribution in [0.5, 0.6) is 0 Å². The third-order valence-corrected chi connectivity index (χ3v) is 3.00.